The summed E-state index contributed by atoms with van der Waals surface area (Å²) < 4.78 is 19.0. The van der Waals surface area contributed by atoms with Crippen LogP contribution in [0.4, 0.5) is 4.39 Å². The van der Waals surface area contributed by atoms with E-state index in [1.165, 1.54) is 6.07 Å². The van der Waals surface area contributed by atoms with E-state index < -0.39 is 0 Å². The average Bonchev–Trinajstić information content (AvgIpc) is 2.49. The zero-order valence-corrected chi connectivity index (χ0v) is 12.1. The second-order valence-electron chi connectivity index (χ2n) is 4.94. The van der Waals surface area contributed by atoms with Gasteiger partial charge in [0.25, 0.3) is 0 Å². The summed E-state index contributed by atoms with van der Waals surface area (Å²) in [5.74, 6) is 0.469. The number of ether oxygens (including phenoxy) is 1. The summed E-state index contributed by atoms with van der Waals surface area (Å²) >= 11 is 0. The van der Waals surface area contributed by atoms with Crippen LogP contribution in [-0.4, -0.2) is 19.1 Å². The van der Waals surface area contributed by atoms with Crippen molar-refractivity contribution in [2.24, 2.45) is 0 Å². The fourth-order valence-electron chi connectivity index (χ4n) is 2.17. The van der Waals surface area contributed by atoms with Gasteiger partial charge in [-0.25, -0.2) is 4.39 Å². The van der Waals surface area contributed by atoms with E-state index in [4.69, 9.17) is 10.00 Å². The molecule has 0 spiro atoms. The smallest absolute Gasteiger partial charge is 0.129 e. The highest BCUT2D eigenvalue weighted by atomic mass is 19.1. The molecule has 2 aromatic carbocycles. The number of benzene rings is 2. The van der Waals surface area contributed by atoms with Gasteiger partial charge in [-0.1, -0.05) is 18.2 Å². The molecule has 0 aliphatic carbocycles. The molecule has 108 valence electrons. The molecule has 0 aliphatic heterocycles. The van der Waals surface area contributed by atoms with Crippen LogP contribution in [0.1, 0.15) is 16.7 Å². The largest absolute Gasteiger partial charge is 0.497 e. The van der Waals surface area contributed by atoms with Crippen molar-refractivity contribution in [1.82, 2.24) is 4.90 Å². The summed E-state index contributed by atoms with van der Waals surface area (Å²) in [6, 6.07) is 14.3. The molecule has 3 nitrogen and oxygen atoms in total. The molecule has 0 saturated heterocycles. The van der Waals surface area contributed by atoms with Crippen LogP contribution < -0.4 is 4.74 Å². The first-order chi connectivity index (χ1) is 10.1. The Kier molecular flexibility index (Phi) is 4.91. The molecule has 0 saturated carbocycles. The fourth-order valence-corrected chi connectivity index (χ4v) is 2.17. The van der Waals surface area contributed by atoms with Gasteiger partial charge < -0.3 is 4.74 Å². The minimum Gasteiger partial charge on any atom is -0.497 e. The molecular formula is C17H17FN2O. The number of hydrogen-bond donors (Lipinski definition) is 0. The molecule has 2 aromatic rings. The Morgan fingerprint density at radius 1 is 1.19 bits per heavy atom. The van der Waals surface area contributed by atoms with Gasteiger partial charge in [-0.3, -0.25) is 4.90 Å². The van der Waals surface area contributed by atoms with Crippen LogP contribution in [0.25, 0.3) is 0 Å². The number of methoxy groups -OCH3 is 1. The molecule has 0 unspecified atom stereocenters. The van der Waals surface area contributed by atoms with Crippen molar-refractivity contribution in [3.05, 3.63) is 65.0 Å². The Labute approximate surface area is 124 Å². The Hall–Kier alpha value is -2.38. The maximum atomic E-state index is 13.9. The summed E-state index contributed by atoms with van der Waals surface area (Å²) in [5.41, 5.74) is 2.02. The third-order valence-electron chi connectivity index (χ3n) is 3.21. The van der Waals surface area contributed by atoms with E-state index in [0.29, 0.717) is 24.2 Å². The van der Waals surface area contributed by atoms with E-state index in [1.54, 1.807) is 19.2 Å². The van der Waals surface area contributed by atoms with Gasteiger partial charge in [0.05, 0.1) is 18.7 Å². The van der Waals surface area contributed by atoms with Gasteiger partial charge in [-0.2, -0.15) is 5.26 Å². The van der Waals surface area contributed by atoms with Gasteiger partial charge >= 0.3 is 0 Å². The highest BCUT2D eigenvalue weighted by molar-refractivity contribution is 5.33. The number of rotatable bonds is 5. The Morgan fingerprint density at radius 2 is 2.00 bits per heavy atom. The van der Waals surface area contributed by atoms with E-state index >= 15 is 0 Å². The fraction of sp³-hybridized carbons (Fsp3) is 0.235. The standard InChI is InChI=1S/C17H17FN2O/c1-20(11-14-4-3-5-16(8-14)21-2)12-15-7-6-13(10-19)9-17(15)18/h3-9H,11-12H2,1-2H3. The van der Waals surface area contributed by atoms with Crippen LogP contribution in [0, 0.1) is 17.1 Å². The zero-order chi connectivity index (χ0) is 15.2. The molecule has 0 bridgehead atoms. The van der Waals surface area contributed by atoms with Gasteiger partial charge in [0.15, 0.2) is 0 Å². The van der Waals surface area contributed by atoms with Gasteiger partial charge in [0.2, 0.25) is 0 Å². The number of nitriles is 1. The molecule has 0 fully saturated rings. The highest BCUT2D eigenvalue weighted by Gasteiger charge is 2.08. The van der Waals surface area contributed by atoms with E-state index in [-0.39, 0.29) is 5.82 Å². The summed E-state index contributed by atoms with van der Waals surface area (Å²) in [6.07, 6.45) is 0. The lowest BCUT2D eigenvalue weighted by Crippen LogP contribution is -2.18. The summed E-state index contributed by atoms with van der Waals surface area (Å²) in [4.78, 5) is 2.01. The lowest BCUT2D eigenvalue weighted by Gasteiger charge is -2.17. The monoisotopic (exact) mass is 284 g/mol. The first kappa shape index (κ1) is 15.0. The topological polar surface area (TPSA) is 36.3 Å². The molecule has 0 aromatic heterocycles. The summed E-state index contributed by atoms with van der Waals surface area (Å²) in [6.45, 7) is 1.17. The third kappa shape index (κ3) is 4.04. The van der Waals surface area contributed by atoms with Gasteiger partial charge in [0, 0.05) is 18.7 Å². The minimum absolute atomic E-state index is 0.340. The second-order valence-corrected chi connectivity index (χ2v) is 4.94. The number of nitrogens with zero attached hydrogens (tertiary/aromatic N) is 2. The van der Waals surface area contributed by atoms with Gasteiger partial charge in [-0.05, 0) is 36.9 Å². The maximum Gasteiger partial charge on any atom is 0.129 e. The molecule has 4 heteroatoms. The quantitative estimate of drug-likeness (QED) is 0.845. The van der Waals surface area contributed by atoms with Crippen LogP contribution in [-0.2, 0) is 13.1 Å². The van der Waals surface area contributed by atoms with Crippen molar-refractivity contribution in [1.29, 1.82) is 5.26 Å². The molecule has 0 radical (unpaired) electrons. The van der Waals surface area contributed by atoms with E-state index in [2.05, 4.69) is 0 Å². The van der Waals surface area contributed by atoms with Crippen molar-refractivity contribution >= 4 is 0 Å². The molecule has 2 rings (SSSR count). The maximum absolute atomic E-state index is 13.9. The molecule has 0 heterocycles. The predicted octanol–water partition coefficient (Wildman–Crippen LogP) is 3.34. The van der Waals surface area contributed by atoms with E-state index in [0.717, 1.165) is 11.3 Å². The first-order valence-electron chi connectivity index (χ1n) is 6.62. The normalized spacial score (nSPS) is 10.4. The molecule has 0 N–H and O–H groups in total. The second kappa shape index (κ2) is 6.87. The highest BCUT2D eigenvalue weighted by Crippen LogP contribution is 2.16. The van der Waals surface area contributed by atoms with Crippen molar-refractivity contribution < 1.29 is 9.13 Å². The lowest BCUT2D eigenvalue weighted by molar-refractivity contribution is 0.312. The number of halogens is 1. The van der Waals surface area contributed by atoms with Crippen LogP contribution in [0.5, 0.6) is 5.75 Å². The van der Waals surface area contributed by atoms with Crippen molar-refractivity contribution in [2.75, 3.05) is 14.2 Å². The molecule has 21 heavy (non-hydrogen) atoms. The van der Waals surface area contributed by atoms with Crippen molar-refractivity contribution in [3.63, 3.8) is 0 Å². The summed E-state index contributed by atoms with van der Waals surface area (Å²) in [7, 11) is 3.56. The van der Waals surface area contributed by atoms with E-state index in [9.17, 15) is 4.39 Å². The van der Waals surface area contributed by atoms with Crippen LogP contribution in [0.2, 0.25) is 0 Å². The first-order valence-corrected chi connectivity index (χ1v) is 6.62. The zero-order valence-electron chi connectivity index (χ0n) is 12.1. The van der Waals surface area contributed by atoms with Crippen LogP contribution in [0.15, 0.2) is 42.5 Å². The Morgan fingerprint density at radius 3 is 2.67 bits per heavy atom. The van der Waals surface area contributed by atoms with Crippen molar-refractivity contribution in [2.45, 2.75) is 13.1 Å². The molecule has 0 aliphatic rings. The SMILES string of the molecule is COc1cccc(CN(C)Cc2ccc(C#N)cc2F)c1. The van der Waals surface area contributed by atoms with Gasteiger partial charge in [-0.15, -0.1) is 0 Å². The Bertz CT molecular complexity index is 664. The minimum atomic E-state index is -0.341. The predicted molar refractivity (Wildman–Crippen MR) is 79.3 cm³/mol. The van der Waals surface area contributed by atoms with E-state index in [1.807, 2.05) is 42.3 Å². The number of hydrogen-bond acceptors (Lipinski definition) is 3. The van der Waals surface area contributed by atoms with Gasteiger partial charge in [0.1, 0.15) is 11.6 Å². The average molecular weight is 284 g/mol. The third-order valence-corrected chi connectivity index (χ3v) is 3.21. The molecule has 0 atom stereocenters. The molecule has 0 amide bonds. The molecular weight excluding hydrogens is 267 g/mol. The lowest BCUT2D eigenvalue weighted by atomic mass is 10.1. The van der Waals surface area contributed by atoms with Crippen molar-refractivity contribution in [3.8, 4) is 11.8 Å². The van der Waals surface area contributed by atoms with Crippen LogP contribution in [0.3, 0.4) is 0 Å². The van der Waals surface area contributed by atoms with Crippen LogP contribution >= 0.6 is 0 Å². The summed E-state index contributed by atoms with van der Waals surface area (Å²) in [5, 5.41) is 8.74. The Balaban J connectivity index is 2.04.